The maximum atomic E-state index is 12.4. The predicted octanol–water partition coefficient (Wildman–Crippen LogP) is 2.40. The zero-order valence-electron chi connectivity index (χ0n) is 11.6. The number of hydrogen-bond acceptors (Lipinski definition) is 5. The standard InChI is InChI=1S/C14H10Cl2N2O4S/c15-9-3-4-12(11(16)8-9)22-14(19)10-2-1-5-18-6-7-23(20,21)17-13(10)18/h1-5,8H,6-7H2. The molecule has 0 unspecified atom stereocenters. The lowest BCUT2D eigenvalue weighted by molar-refractivity contribution is -0.129. The normalized spacial score (nSPS) is 18.8. The van der Waals surface area contributed by atoms with Crippen molar-refractivity contribution in [2.24, 2.45) is 4.40 Å². The van der Waals surface area contributed by atoms with Gasteiger partial charge in [0.15, 0.2) is 5.84 Å². The van der Waals surface area contributed by atoms with Gasteiger partial charge in [-0.05, 0) is 30.4 Å². The third-order valence-corrected chi connectivity index (χ3v) is 4.85. The number of esters is 1. The van der Waals surface area contributed by atoms with Crippen molar-refractivity contribution in [1.29, 1.82) is 0 Å². The van der Waals surface area contributed by atoms with Gasteiger partial charge in [-0.2, -0.15) is 0 Å². The SMILES string of the molecule is O=C(Oc1ccc(Cl)cc1Cl)C1=CC=CN2CCS(=O)(=O)N=C12. The Morgan fingerprint density at radius 3 is 2.83 bits per heavy atom. The van der Waals surface area contributed by atoms with E-state index in [4.69, 9.17) is 27.9 Å². The summed E-state index contributed by atoms with van der Waals surface area (Å²) in [5.74, 6) is -0.679. The van der Waals surface area contributed by atoms with Gasteiger partial charge < -0.3 is 9.64 Å². The second-order valence-electron chi connectivity index (χ2n) is 4.78. The number of halogens is 2. The van der Waals surface area contributed by atoms with Gasteiger partial charge in [0.1, 0.15) is 11.3 Å². The van der Waals surface area contributed by atoms with E-state index in [-0.39, 0.29) is 34.5 Å². The molecule has 0 aliphatic carbocycles. The minimum absolute atomic E-state index is 0.0433. The van der Waals surface area contributed by atoms with Crippen LogP contribution in [-0.2, 0) is 14.8 Å². The molecule has 0 saturated heterocycles. The first-order valence-corrected chi connectivity index (χ1v) is 8.88. The Kier molecular flexibility index (Phi) is 4.18. The first-order valence-electron chi connectivity index (χ1n) is 6.51. The molecular weight excluding hydrogens is 363 g/mol. The van der Waals surface area contributed by atoms with Crippen molar-refractivity contribution in [2.75, 3.05) is 12.3 Å². The van der Waals surface area contributed by atoms with Crippen LogP contribution in [0.5, 0.6) is 5.75 Å². The minimum Gasteiger partial charge on any atom is -0.421 e. The zero-order valence-corrected chi connectivity index (χ0v) is 13.9. The molecule has 2 heterocycles. The fourth-order valence-electron chi connectivity index (χ4n) is 2.09. The van der Waals surface area contributed by atoms with E-state index in [0.717, 1.165) is 0 Å². The van der Waals surface area contributed by atoms with Gasteiger partial charge in [-0.25, -0.2) is 13.2 Å². The van der Waals surface area contributed by atoms with E-state index >= 15 is 0 Å². The molecule has 0 aromatic heterocycles. The number of carbonyl (C=O) groups is 1. The van der Waals surface area contributed by atoms with Gasteiger partial charge in [-0.15, -0.1) is 4.40 Å². The van der Waals surface area contributed by atoms with Crippen LogP contribution in [-0.4, -0.2) is 37.4 Å². The number of fused-ring (bicyclic) bond motifs is 1. The summed E-state index contributed by atoms with van der Waals surface area (Å²) in [6.07, 6.45) is 4.72. The lowest BCUT2D eigenvalue weighted by atomic mass is 10.1. The molecule has 2 aliphatic heterocycles. The number of allylic oxidation sites excluding steroid dienone is 2. The van der Waals surface area contributed by atoms with Crippen LogP contribution in [0.3, 0.4) is 0 Å². The highest BCUT2D eigenvalue weighted by Crippen LogP contribution is 2.29. The topological polar surface area (TPSA) is 76.0 Å². The van der Waals surface area contributed by atoms with Gasteiger partial charge >= 0.3 is 5.97 Å². The number of sulfonamides is 1. The van der Waals surface area contributed by atoms with Crippen molar-refractivity contribution >= 4 is 45.0 Å². The van der Waals surface area contributed by atoms with Crippen molar-refractivity contribution in [1.82, 2.24) is 4.90 Å². The molecule has 0 spiro atoms. The molecule has 0 fully saturated rings. The van der Waals surface area contributed by atoms with Crippen LogP contribution < -0.4 is 4.74 Å². The van der Waals surface area contributed by atoms with Gasteiger partial charge in [0.2, 0.25) is 0 Å². The van der Waals surface area contributed by atoms with E-state index in [9.17, 15) is 13.2 Å². The van der Waals surface area contributed by atoms with Crippen LogP contribution in [0.25, 0.3) is 0 Å². The summed E-state index contributed by atoms with van der Waals surface area (Å²) in [5.41, 5.74) is 0.0433. The average Bonchev–Trinajstić information content (AvgIpc) is 2.48. The number of benzene rings is 1. The van der Waals surface area contributed by atoms with Gasteiger partial charge in [0, 0.05) is 17.8 Å². The summed E-state index contributed by atoms with van der Waals surface area (Å²) in [7, 11) is -3.59. The van der Waals surface area contributed by atoms with E-state index in [1.54, 1.807) is 17.2 Å². The van der Waals surface area contributed by atoms with Crippen LogP contribution in [0.2, 0.25) is 10.0 Å². The molecular formula is C14H10Cl2N2O4S. The fourth-order valence-corrected chi connectivity index (χ4v) is 3.52. The van der Waals surface area contributed by atoms with E-state index in [1.807, 2.05) is 0 Å². The predicted molar refractivity (Wildman–Crippen MR) is 87.2 cm³/mol. The summed E-state index contributed by atoms with van der Waals surface area (Å²) in [5, 5.41) is 0.580. The maximum absolute atomic E-state index is 12.4. The molecule has 0 saturated carbocycles. The average molecular weight is 373 g/mol. The van der Waals surface area contributed by atoms with Crippen LogP contribution in [0.4, 0.5) is 0 Å². The number of ether oxygens (including phenoxy) is 1. The van der Waals surface area contributed by atoms with Crippen LogP contribution in [0.15, 0.2) is 46.5 Å². The number of carbonyl (C=O) groups excluding carboxylic acids is 1. The first kappa shape index (κ1) is 16.0. The largest absolute Gasteiger partial charge is 0.421 e. The molecule has 9 heteroatoms. The third-order valence-electron chi connectivity index (χ3n) is 3.17. The van der Waals surface area contributed by atoms with Crippen LogP contribution >= 0.6 is 23.2 Å². The van der Waals surface area contributed by atoms with E-state index in [2.05, 4.69) is 4.40 Å². The van der Waals surface area contributed by atoms with Crippen molar-refractivity contribution in [3.05, 3.63) is 52.2 Å². The molecule has 3 rings (SSSR count). The van der Waals surface area contributed by atoms with Crippen molar-refractivity contribution in [3.8, 4) is 5.75 Å². The van der Waals surface area contributed by atoms with E-state index in [1.165, 1.54) is 24.3 Å². The maximum Gasteiger partial charge on any atom is 0.347 e. The molecule has 0 radical (unpaired) electrons. The van der Waals surface area contributed by atoms with E-state index in [0.29, 0.717) is 5.02 Å². The second-order valence-corrected chi connectivity index (χ2v) is 7.38. The van der Waals surface area contributed by atoms with Crippen LogP contribution in [0.1, 0.15) is 0 Å². The summed E-state index contributed by atoms with van der Waals surface area (Å²) in [4.78, 5) is 13.9. The lowest BCUT2D eigenvalue weighted by Crippen LogP contribution is -2.40. The van der Waals surface area contributed by atoms with Gasteiger partial charge in [0.25, 0.3) is 10.0 Å². The van der Waals surface area contributed by atoms with Gasteiger partial charge in [0.05, 0.1) is 10.8 Å². The van der Waals surface area contributed by atoms with Crippen LogP contribution in [0, 0.1) is 0 Å². The van der Waals surface area contributed by atoms with E-state index < -0.39 is 16.0 Å². The molecule has 120 valence electrons. The molecule has 0 bridgehead atoms. The number of hydrogen-bond donors (Lipinski definition) is 0. The van der Waals surface area contributed by atoms with Crippen molar-refractivity contribution in [2.45, 2.75) is 0 Å². The summed E-state index contributed by atoms with van der Waals surface area (Å²) < 4.78 is 32.2. The number of rotatable bonds is 2. The summed E-state index contributed by atoms with van der Waals surface area (Å²) in [6, 6.07) is 4.43. The molecule has 0 atom stereocenters. The Balaban J connectivity index is 1.91. The Morgan fingerprint density at radius 1 is 1.30 bits per heavy atom. The van der Waals surface area contributed by atoms with Gasteiger partial charge in [-0.1, -0.05) is 23.2 Å². The summed E-state index contributed by atoms with van der Waals surface area (Å²) in [6.45, 7) is 0.226. The minimum atomic E-state index is -3.59. The number of nitrogens with zero attached hydrogens (tertiary/aromatic N) is 2. The van der Waals surface area contributed by atoms with Crippen molar-refractivity contribution in [3.63, 3.8) is 0 Å². The first-order chi connectivity index (χ1) is 10.9. The molecule has 23 heavy (non-hydrogen) atoms. The smallest absolute Gasteiger partial charge is 0.347 e. The molecule has 1 aromatic carbocycles. The lowest BCUT2D eigenvalue weighted by Gasteiger charge is -2.28. The Morgan fingerprint density at radius 2 is 2.09 bits per heavy atom. The highest BCUT2D eigenvalue weighted by Gasteiger charge is 2.31. The highest BCUT2D eigenvalue weighted by molar-refractivity contribution is 7.90. The molecule has 1 aromatic rings. The molecule has 6 nitrogen and oxygen atoms in total. The monoisotopic (exact) mass is 372 g/mol. The second kappa shape index (κ2) is 5.99. The Bertz CT molecular complexity index is 875. The molecule has 0 amide bonds. The number of amidine groups is 1. The fraction of sp³-hybridized carbons (Fsp3) is 0.143. The van der Waals surface area contributed by atoms with Gasteiger partial charge in [-0.3, -0.25) is 0 Å². The highest BCUT2D eigenvalue weighted by atomic mass is 35.5. The third kappa shape index (κ3) is 3.41. The Hall–Kier alpha value is -1.83. The quantitative estimate of drug-likeness (QED) is 0.588. The van der Waals surface area contributed by atoms with Crippen molar-refractivity contribution < 1.29 is 17.9 Å². The molecule has 0 N–H and O–H groups in total. The summed E-state index contributed by atoms with van der Waals surface area (Å²) >= 11 is 11.8. The molecule has 2 aliphatic rings. The Labute approximate surface area is 142 Å². The zero-order chi connectivity index (χ0) is 16.6.